The molecular formula is C12H18N2O2. The van der Waals surface area contributed by atoms with Gasteiger partial charge in [-0.05, 0) is 18.6 Å². The smallest absolute Gasteiger partial charge is 0.253 e. The van der Waals surface area contributed by atoms with Crippen LogP contribution in [0.5, 0.6) is 5.75 Å². The molecule has 1 aromatic rings. The summed E-state index contributed by atoms with van der Waals surface area (Å²) in [6, 6.07) is 5.05. The molecule has 4 nitrogen and oxygen atoms in total. The lowest BCUT2D eigenvalue weighted by Crippen LogP contribution is -2.25. The van der Waals surface area contributed by atoms with Gasteiger partial charge in [-0.1, -0.05) is 13.3 Å². The first-order valence-corrected chi connectivity index (χ1v) is 5.40. The van der Waals surface area contributed by atoms with E-state index in [0.29, 0.717) is 23.5 Å². The number of hydrogen-bond donors (Lipinski definition) is 2. The summed E-state index contributed by atoms with van der Waals surface area (Å²) in [6.45, 7) is 2.76. The zero-order valence-corrected chi connectivity index (χ0v) is 9.75. The SMILES string of the molecule is CCCCNC(=O)c1ccc(OC)cc1N. The molecule has 0 aliphatic rings. The molecule has 3 N–H and O–H groups in total. The Morgan fingerprint density at radius 2 is 2.25 bits per heavy atom. The van der Waals surface area contributed by atoms with Crippen LogP contribution in [0.3, 0.4) is 0 Å². The van der Waals surface area contributed by atoms with Gasteiger partial charge in [0, 0.05) is 18.3 Å². The van der Waals surface area contributed by atoms with Crippen LogP contribution in [0.4, 0.5) is 5.69 Å². The minimum atomic E-state index is -0.131. The second-order valence-corrected chi connectivity index (χ2v) is 3.56. The minimum Gasteiger partial charge on any atom is -0.497 e. The van der Waals surface area contributed by atoms with Crippen LogP contribution in [0.15, 0.2) is 18.2 Å². The summed E-state index contributed by atoms with van der Waals surface area (Å²) in [6.07, 6.45) is 2.03. The number of nitrogens with one attached hydrogen (secondary N) is 1. The molecular weight excluding hydrogens is 204 g/mol. The molecule has 0 unspecified atom stereocenters. The highest BCUT2D eigenvalue weighted by molar-refractivity contribution is 5.99. The van der Waals surface area contributed by atoms with Crippen molar-refractivity contribution in [3.8, 4) is 5.75 Å². The van der Waals surface area contributed by atoms with Crippen LogP contribution in [0.1, 0.15) is 30.1 Å². The second kappa shape index (κ2) is 6.00. The third-order valence-corrected chi connectivity index (χ3v) is 2.32. The lowest BCUT2D eigenvalue weighted by molar-refractivity contribution is 0.0954. The Bertz CT molecular complexity index is 364. The van der Waals surface area contributed by atoms with Crippen LogP contribution >= 0.6 is 0 Å². The Hall–Kier alpha value is -1.71. The minimum absolute atomic E-state index is 0.131. The first-order valence-electron chi connectivity index (χ1n) is 5.40. The Kier molecular flexibility index (Phi) is 4.64. The average molecular weight is 222 g/mol. The summed E-state index contributed by atoms with van der Waals surface area (Å²) in [5, 5.41) is 2.82. The maximum absolute atomic E-state index is 11.7. The number of rotatable bonds is 5. The van der Waals surface area contributed by atoms with Gasteiger partial charge in [-0.15, -0.1) is 0 Å². The first kappa shape index (κ1) is 12.4. The molecule has 88 valence electrons. The van der Waals surface area contributed by atoms with Crippen molar-refractivity contribution in [3.05, 3.63) is 23.8 Å². The number of nitrogens with two attached hydrogens (primary N) is 1. The molecule has 1 aromatic carbocycles. The molecule has 1 rings (SSSR count). The summed E-state index contributed by atoms with van der Waals surface area (Å²) in [5.74, 6) is 0.524. The van der Waals surface area contributed by atoms with Crippen LogP contribution in [-0.2, 0) is 0 Å². The third kappa shape index (κ3) is 3.15. The molecule has 0 heterocycles. The number of nitrogen functional groups attached to an aromatic ring is 1. The third-order valence-electron chi connectivity index (χ3n) is 2.32. The summed E-state index contributed by atoms with van der Waals surface area (Å²) in [5.41, 5.74) is 6.70. The summed E-state index contributed by atoms with van der Waals surface area (Å²) in [4.78, 5) is 11.7. The molecule has 0 atom stereocenters. The fourth-order valence-corrected chi connectivity index (χ4v) is 1.35. The number of hydrogen-bond acceptors (Lipinski definition) is 3. The van der Waals surface area contributed by atoms with E-state index in [-0.39, 0.29) is 5.91 Å². The maximum Gasteiger partial charge on any atom is 0.253 e. The van der Waals surface area contributed by atoms with E-state index in [1.807, 2.05) is 0 Å². The van der Waals surface area contributed by atoms with Crippen LogP contribution in [0, 0.1) is 0 Å². The van der Waals surface area contributed by atoms with Gasteiger partial charge in [0.2, 0.25) is 0 Å². The van der Waals surface area contributed by atoms with Crippen molar-refractivity contribution < 1.29 is 9.53 Å². The van der Waals surface area contributed by atoms with E-state index >= 15 is 0 Å². The summed E-state index contributed by atoms with van der Waals surface area (Å²) >= 11 is 0. The zero-order valence-electron chi connectivity index (χ0n) is 9.75. The highest BCUT2D eigenvalue weighted by Gasteiger charge is 2.09. The Morgan fingerprint density at radius 1 is 1.50 bits per heavy atom. The lowest BCUT2D eigenvalue weighted by Gasteiger charge is -2.08. The van der Waals surface area contributed by atoms with Crippen molar-refractivity contribution >= 4 is 11.6 Å². The molecule has 0 aliphatic carbocycles. The number of anilines is 1. The fraction of sp³-hybridized carbons (Fsp3) is 0.417. The maximum atomic E-state index is 11.7. The molecule has 0 spiro atoms. The molecule has 0 aliphatic heterocycles. The van der Waals surface area contributed by atoms with Crippen LogP contribution in [0.25, 0.3) is 0 Å². The molecule has 0 bridgehead atoms. The number of carbonyl (C=O) groups excluding carboxylic acids is 1. The van der Waals surface area contributed by atoms with Gasteiger partial charge in [0.05, 0.1) is 12.7 Å². The predicted octanol–water partition coefficient (Wildman–Crippen LogP) is 1.81. The molecule has 0 saturated heterocycles. The molecule has 1 amide bonds. The van der Waals surface area contributed by atoms with Crippen molar-refractivity contribution in [1.82, 2.24) is 5.32 Å². The Balaban J connectivity index is 2.68. The van der Waals surface area contributed by atoms with Crippen molar-refractivity contribution in [1.29, 1.82) is 0 Å². The predicted molar refractivity (Wildman–Crippen MR) is 64.6 cm³/mol. The zero-order chi connectivity index (χ0) is 12.0. The quantitative estimate of drug-likeness (QED) is 0.590. The van der Waals surface area contributed by atoms with Gasteiger partial charge < -0.3 is 15.8 Å². The van der Waals surface area contributed by atoms with Gasteiger partial charge >= 0.3 is 0 Å². The van der Waals surface area contributed by atoms with Gasteiger partial charge in [-0.3, -0.25) is 4.79 Å². The topological polar surface area (TPSA) is 64.3 Å². The lowest BCUT2D eigenvalue weighted by atomic mass is 10.1. The fourth-order valence-electron chi connectivity index (χ4n) is 1.35. The van der Waals surface area contributed by atoms with Crippen LogP contribution in [-0.4, -0.2) is 19.6 Å². The van der Waals surface area contributed by atoms with E-state index in [1.165, 1.54) is 0 Å². The monoisotopic (exact) mass is 222 g/mol. The highest BCUT2D eigenvalue weighted by atomic mass is 16.5. The normalized spacial score (nSPS) is 9.88. The van der Waals surface area contributed by atoms with E-state index < -0.39 is 0 Å². The van der Waals surface area contributed by atoms with E-state index in [2.05, 4.69) is 12.2 Å². The molecule has 0 saturated carbocycles. The highest BCUT2D eigenvalue weighted by Crippen LogP contribution is 2.19. The average Bonchev–Trinajstić information content (AvgIpc) is 2.29. The number of amides is 1. The van der Waals surface area contributed by atoms with Crippen LogP contribution in [0.2, 0.25) is 0 Å². The summed E-state index contributed by atoms with van der Waals surface area (Å²) in [7, 11) is 1.57. The molecule has 16 heavy (non-hydrogen) atoms. The van der Waals surface area contributed by atoms with Crippen molar-refractivity contribution in [2.75, 3.05) is 19.4 Å². The van der Waals surface area contributed by atoms with E-state index in [4.69, 9.17) is 10.5 Å². The number of methoxy groups -OCH3 is 1. The standard InChI is InChI=1S/C12H18N2O2/c1-3-4-7-14-12(15)10-6-5-9(16-2)8-11(10)13/h5-6,8H,3-4,7,13H2,1-2H3,(H,14,15). The number of benzene rings is 1. The van der Waals surface area contributed by atoms with Gasteiger partial charge in [0.25, 0.3) is 5.91 Å². The van der Waals surface area contributed by atoms with E-state index in [1.54, 1.807) is 25.3 Å². The number of unbranched alkanes of at least 4 members (excludes halogenated alkanes) is 1. The second-order valence-electron chi connectivity index (χ2n) is 3.56. The Labute approximate surface area is 95.8 Å². The van der Waals surface area contributed by atoms with Crippen molar-refractivity contribution in [2.45, 2.75) is 19.8 Å². The van der Waals surface area contributed by atoms with Crippen LogP contribution < -0.4 is 15.8 Å². The van der Waals surface area contributed by atoms with Gasteiger partial charge in [0.15, 0.2) is 0 Å². The molecule has 4 heteroatoms. The van der Waals surface area contributed by atoms with Gasteiger partial charge in [-0.2, -0.15) is 0 Å². The van der Waals surface area contributed by atoms with Crippen molar-refractivity contribution in [3.63, 3.8) is 0 Å². The van der Waals surface area contributed by atoms with Gasteiger partial charge in [-0.25, -0.2) is 0 Å². The summed E-state index contributed by atoms with van der Waals surface area (Å²) < 4.78 is 5.02. The van der Waals surface area contributed by atoms with E-state index in [0.717, 1.165) is 12.8 Å². The first-order chi connectivity index (χ1) is 7.69. The largest absolute Gasteiger partial charge is 0.497 e. The molecule has 0 fully saturated rings. The van der Waals surface area contributed by atoms with Crippen molar-refractivity contribution in [2.24, 2.45) is 0 Å². The number of ether oxygens (including phenoxy) is 1. The van der Waals surface area contributed by atoms with E-state index in [9.17, 15) is 4.79 Å². The molecule has 0 radical (unpaired) electrons. The van der Waals surface area contributed by atoms with Gasteiger partial charge in [0.1, 0.15) is 5.75 Å². The number of carbonyl (C=O) groups is 1. The molecule has 0 aromatic heterocycles. The Morgan fingerprint density at radius 3 is 2.81 bits per heavy atom.